The van der Waals surface area contributed by atoms with E-state index in [1.54, 1.807) is 0 Å². The maximum absolute atomic E-state index is 11.7. The molecule has 0 radical (unpaired) electrons. The number of hydrogen-bond donors (Lipinski definition) is 2. The van der Waals surface area contributed by atoms with Gasteiger partial charge in [-0.3, -0.25) is 9.48 Å². The van der Waals surface area contributed by atoms with Gasteiger partial charge in [-0.25, -0.2) is 4.79 Å². The van der Waals surface area contributed by atoms with Crippen LogP contribution >= 0.6 is 0 Å². The molecule has 1 aromatic heterocycles. The molecule has 18 heavy (non-hydrogen) atoms. The summed E-state index contributed by atoms with van der Waals surface area (Å²) >= 11 is 0. The van der Waals surface area contributed by atoms with E-state index < -0.39 is 11.9 Å². The second-order valence-electron chi connectivity index (χ2n) is 3.64. The predicted molar refractivity (Wildman–Crippen MR) is 63.6 cm³/mol. The summed E-state index contributed by atoms with van der Waals surface area (Å²) in [5.74, 6) is -1.61. The molecular weight excluding hydrogens is 238 g/mol. The smallest absolute Gasteiger partial charge is 0.354 e. The molecule has 0 aliphatic heterocycles. The highest BCUT2D eigenvalue weighted by atomic mass is 16.5. The number of carbonyl (C=O) groups is 2. The minimum atomic E-state index is -1.17. The summed E-state index contributed by atoms with van der Waals surface area (Å²) in [6, 6.07) is 0. The Morgan fingerprint density at radius 2 is 2.28 bits per heavy atom. The van der Waals surface area contributed by atoms with E-state index in [9.17, 15) is 9.59 Å². The van der Waals surface area contributed by atoms with Crippen molar-refractivity contribution < 1.29 is 19.4 Å². The van der Waals surface area contributed by atoms with Crippen molar-refractivity contribution in [3.63, 3.8) is 0 Å². The van der Waals surface area contributed by atoms with Gasteiger partial charge in [-0.1, -0.05) is 0 Å². The first-order valence-electron chi connectivity index (χ1n) is 5.69. The molecule has 1 heterocycles. The van der Waals surface area contributed by atoms with E-state index in [4.69, 9.17) is 9.84 Å². The summed E-state index contributed by atoms with van der Waals surface area (Å²) in [6.07, 6.45) is 1.93. The first-order valence-corrected chi connectivity index (χ1v) is 5.69. The van der Waals surface area contributed by atoms with Crippen LogP contribution in [0.25, 0.3) is 0 Å². The molecule has 0 aliphatic carbocycles. The number of rotatable bonds is 7. The van der Waals surface area contributed by atoms with Crippen molar-refractivity contribution in [2.24, 2.45) is 7.05 Å². The molecule has 0 aromatic carbocycles. The summed E-state index contributed by atoms with van der Waals surface area (Å²) in [6.45, 7) is 3.54. The van der Waals surface area contributed by atoms with Crippen molar-refractivity contribution in [2.75, 3.05) is 19.8 Å². The van der Waals surface area contributed by atoms with Crippen molar-refractivity contribution in [3.8, 4) is 0 Å². The van der Waals surface area contributed by atoms with Gasteiger partial charge in [-0.05, 0) is 13.3 Å². The Hall–Kier alpha value is -1.89. The molecule has 0 spiro atoms. The van der Waals surface area contributed by atoms with Crippen molar-refractivity contribution >= 4 is 11.9 Å². The topological polar surface area (TPSA) is 93.5 Å². The van der Waals surface area contributed by atoms with Crippen LogP contribution < -0.4 is 5.32 Å². The molecule has 100 valence electrons. The molecule has 0 bridgehead atoms. The largest absolute Gasteiger partial charge is 0.477 e. The average Bonchev–Trinajstić information content (AvgIpc) is 2.70. The maximum Gasteiger partial charge on any atom is 0.354 e. The molecule has 0 saturated heterocycles. The van der Waals surface area contributed by atoms with Crippen molar-refractivity contribution in [1.29, 1.82) is 0 Å². The number of nitrogens with zero attached hydrogens (tertiary/aromatic N) is 2. The third kappa shape index (κ3) is 3.56. The number of aromatic carboxylic acids is 1. The minimum Gasteiger partial charge on any atom is -0.477 e. The summed E-state index contributed by atoms with van der Waals surface area (Å²) in [7, 11) is 1.48. The lowest BCUT2D eigenvalue weighted by Crippen LogP contribution is -2.27. The standard InChI is InChI=1S/C11H17N3O4/c1-3-18-6-4-5-12-10(15)8-7-13-14(2)9(8)11(16)17/h7H,3-6H2,1-2H3,(H,12,15)(H,16,17). The Morgan fingerprint density at radius 1 is 1.56 bits per heavy atom. The van der Waals surface area contributed by atoms with Crippen LogP contribution in [0, 0.1) is 0 Å². The highest BCUT2D eigenvalue weighted by Gasteiger charge is 2.20. The Kier molecular flexibility index (Phi) is 5.31. The number of carbonyl (C=O) groups excluding carboxylic acids is 1. The molecule has 1 rings (SSSR count). The van der Waals surface area contributed by atoms with Crippen LogP contribution in [0.3, 0.4) is 0 Å². The number of carboxylic acids is 1. The number of aryl methyl sites for hydroxylation is 1. The van der Waals surface area contributed by atoms with Crippen molar-refractivity contribution in [3.05, 3.63) is 17.5 Å². The van der Waals surface area contributed by atoms with E-state index in [0.717, 1.165) is 4.68 Å². The second-order valence-corrected chi connectivity index (χ2v) is 3.64. The average molecular weight is 255 g/mol. The molecule has 0 fully saturated rings. The van der Waals surface area contributed by atoms with Crippen LogP contribution in [-0.4, -0.2) is 46.5 Å². The fourth-order valence-electron chi connectivity index (χ4n) is 1.47. The van der Waals surface area contributed by atoms with E-state index in [1.165, 1.54) is 13.2 Å². The molecule has 0 aliphatic rings. The van der Waals surface area contributed by atoms with E-state index in [2.05, 4.69) is 10.4 Å². The molecule has 1 aromatic rings. The van der Waals surface area contributed by atoms with Crippen molar-refractivity contribution in [1.82, 2.24) is 15.1 Å². The van der Waals surface area contributed by atoms with Crippen LogP contribution in [0.2, 0.25) is 0 Å². The minimum absolute atomic E-state index is 0.0707. The van der Waals surface area contributed by atoms with Gasteiger partial charge in [-0.2, -0.15) is 5.10 Å². The Labute approximate surface area is 105 Å². The molecule has 7 nitrogen and oxygen atoms in total. The lowest BCUT2D eigenvalue weighted by Gasteiger charge is -2.05. The van der Waals surface area contributed by atoms with E-state index in [0.29, 0.717) is 26.2 Å². The first-order chi connectivity index (χ1) is 8.57. The molecule has 2 N–H and O–H groups in total. The number of aromatic nitrogens is 2. The fourth-order valence-corrected chi connectivity index (χ4v) is 1.47. The predicted octanol–water partition coefficient (Wildman–Crippen LogP) is 0.275. The first kappa shape index (κ1) is 14.2. The second kappa shape index (κ2) is 6.75. The Bertz CT molecular complexity index is 428. The van der Waals surface area contributed by atoms with Gasteiger partial charge < -0.3 is 15.2 Å². The lowest BCUT2D eigenvalue weighted by atomic mass is 10.2. The molecule has 0 saturated carbocycles. The molecule has 0 unspecified atom stereocenters. The van der Waals surface area contributed by atoms with Crippen LogP contribution in [-0.2, 0) is 11.8 Å². The van der Waals surface area contributed by atoms with Gasteiger partial charge in [0.1, 0.15) is 0 Å². The zero-order valence-corrected chi connectivity index (χ0v) is 10.5. The van der Waals surface area contributed by atoms with Gasteiger partial charge in [0.05, 0.1) is 11.8 Å². The van der Waals surface area contributed by atoms with E-state index >= 15 is 0 Å². The monoisotopic (exact) mass is 255 g/mol. The zero-order valence-electron chi connectivity index (χ0n) is 10.5. The van der Waals surface area contributed by atoms with Crippen LogP contribution in [0.5, 0.6) is 0 Å². The number of carboxylic acid groups (broad SMARTS) is 1. The van der Waals surface area contributed by atoms with Gasteiger partial charge >= 0.3 is 5.97 Å². The molecular formula is C11H17N3O4. The van der Waals surface area contributed by atoms with E-state index in [1.807, 2.05) is 6.92 Å². The Morgan fingerprint density at radius 3 is 2.89 bits per heavy atom. The van der Waals surface area contributed by atoms with Gasteiger partial charge in [0, 0.05) is 26.8 Å². The summed E-state index contributed by atoms with van der Waals surface area (Å²) in [4.78, 5) is 22.7. The molecule has 1 amide bonds. The maximum atomic E-state index is 11.7. The molecule has 0 atom stereocenters. The van der Waals surface area contributed by atoms with Crippen LogP contribution in [0.15, 0.2) is 6.20 Å². The SMILES string of the molecule is CCOCCCNC(=O)c1cnn(C)c1C(=O)O. The fraction of sp³-hybridized carbons (Fsp3) is 0.545. The molecule has 7 heteroatoms. The van der Waals surface area contributed by atoms with Gasteiger partial charge in [-0.15, -0.1) is 0 Å². The third-order valence-corrected chi connectivity index (χ3v) is 2.34. The number of ether oxygens (including phenoxy) is 1. The quantitative estimate of drug-likeness (QED) is 0.682. The van der Waals surface area contributed by atoms with Crippen LogP contribution in [0.1, 0.15) is 34.2 Å². The summed E-state index contributed by atoms with van der Waals surface area (Å²) in [5, 5.41) is 15.4. The number of hydrogen-bond acceptors (Lipinski definition) is 4. The number of nitrogens with one attached hydrogen (secondary N) is 1. The third-order valence-electron chi connectivity index (χ3n) is 2.34. The lowest BCUT2D eigenvalue weighted by molar-refractivity contribution is 0.0679. The summed E-state index contributed by atoms with van der Waals surface area (Å²) in [5.41, 5.74) is -0.0429. The highest BCUT2D eigenvalue weighted by Crippen LogP contribution is 2.07. The van der Waals surface area contributed by atoms with Gasteiger partial charge in [0.25, 0.3) is 5.91 Å². The van der Waals surface area contributed by atoms with Crippen molar-refractivity contribution in [2.45, 2.75) is 13.3 Å². The highest BCUT2D eigenvalue weighted by molar-refractivity contribution is 6.03. The van der Waals surface area contributed by atoms with Crippen LogP contribution in [0.4, 0.5) is 0 Å². The Balaban J connectivity index is 2.54. The van der Waals surface area contributed by atoms with Gasteiger partial charge in [0.2, 0.25) is 0 Å². The normalized spacial score (nSPS) is 10.3. The van der Waals surface area contributed by atoms with Gasteiger partial charge in [0.15, 0.2) is 5.69 Å². The number of amides is 1. The zero-order chi connectivity index (χ0) is 13.5. The van der Waals surface area contributed by atoms with E-state index in [-0.39, 0.29) is 11.3 Å². The summed E-state index contributed by atoms with van der Waals surface area (Å²) < 4.78 is 6.29.